The predicted octanol–water partition coefficient (Wildman–Crippen LogP) is 3.79. The molecule has 2 rings (SSSR count). The molecule has 1 heterocycles. The molecule has 1 aromatic carbocycles. The van der Waals surface area contributed by atoms with Gasteiger partial charge in [0, 0.05) is 19.6 Å². The second-order valence-corrected chi connectivity index (χ2v) is 7.35. The van der Waals surface area contributed by atoms with Crippen molar-refractivity contribution in [2.75, 3.05) is 26.2 Å². The number of esters is 1. The van der Waals surface area contributed by atoms with Gasteiger partial charge < -0.3 is 9.64 Å². The maximum absolute atomic E-state index is 13.5. The highest BCUT2D eigenvalue weighted by atomic mass is 16.5. The second-order valence-electron chi connectivity index (χ2n) is 7.35. The minimum absolute atomic E-state index is 0.121. The predicted molar refractivity (Wildman–Crippen MR) is 112 cm³/mol. The normalized spacial score (nSPS) is 20.4. The Bertz CT molecular complexity index is 647. The van der Waals surface area contributed by atoms with Crippen LogP contribution in [-0.4, -0.2) is 53.5 Å². The smallest absolute Gasteiger partial charge is 0.337 e. The van der Waals surface area contributed by atoms with Crippen LogP contribution in [0.5, 0.6) is 0 Å². The lowest BCUT2D eigenvalue weighted by molar-refractivity contribution is -0.155. The van der Waals surface area contributed by atoms with E-state index in [1.807, 2.05) is 46.2 Å². The van der Waals surface area contributed by atoms with Gasteiger partial charge in [-0.15, -0.1) is 6.58 Å². The van der Waals surface area contributed by atoms with Crippen LogP contribution < -0.4 is 0 Å². The first-order valence-electron chi connectivity index (χ1n) is 10.5. The van der Waals surface area contributed by atoms with Gasteiger partial charge in [-0.05, 0) is 44.7 Å². The quantitative estimate of drug-likeness (QED) is 0.170. The fourth-order valence-electron chi connectivity index (χ4n) is 3.50. The summed E-state index contributed by atoms with van der Waals surface area (Å²) in [5, 5.41) is 0. The van der Waals surface area contributed by atoms with Crippen LogP contribution in [-0.2, 0) is 20.9 Å². The van der Waals surface area contributed by atoms with Crippen LogP contribution in [0.1, 0.15) is 51.5 Å². The first-order valence-corrected chi connectivity index (χ1v) is 10.5. The Morgan fingerprint density at radius 3 is 2.61 bits per heavy atom. The molecule has 0 aliphatic carbocycles. The minimum atomic E-state index is -1.13. The van der Waals surface area contributed by atoms with Crippen LogP contribution in [0.2, 0.25) is 0 Å². The zero-order valence-electron chi connectivity index (χ0n) is 17.4. The van der Waals surface area contributed by atoms with Gasteiger partial charge in [-0.1, -0.05) is 49.8 Å². The van der Waals surface area contributed by atoms with Crippen molar-refractivity contribution in [1.29, 1.82) is 0 Å². The third kappa shape index (κ3) is 5.44. The number of carbonyl (C=O) groups is 2. The van der Waals surface area contributed by atoms with E-state index in [2.05, 4.69) is 13.5 Å². The van der Waals surface area contributed by atoms with Crippen LogP contribution >= 0.6 is 0 Å². The number of rotatable bonds is 13. The maximum atomic E-state index is 13.5. The highest BCUT2D eigenvalue weighted by Crippen LogP contribution is 2.36. The molecule has 154 valence electrons. The molecule has 1 aliphatic heterocycles. The molecule has 0 radical (unpaired) electrons. The number of amides is 1. The standard InChI is InChI=1S/C23H34N2O3/c1-4-7-9-13-16-24(18-20-14-11-10-12-15-20)21(26)23(22(27)28-6-3)19-25(23)17-8-5-2/h4,10-12,14-15H,1,5-9,13,16-19H2,2-3H3. The van der Waals surface area contributed by atoms with Crippen molar-refractivity contribution in [2.45, 2.75) is 58.0 Å². The Kier molecular flexibility index (Phi) is 8.71. The lowest BCUT2D eigenvalue weighted by Crippen LogP contribution is -2.49. The molecule has 2 unspecified atom stereocenters. The summed E-state index contributed by atoms with van der Waals surface area (Å²) < 4.78 is 5.30. The monoisotopic (exact) mass is 386 g/mol. The van der Waals surface area contributed by atoms with E-state index in [0.717, 1.165) is 44.2 Å². The van der Waals surface area contributed by atoms with Crippen molar-refractivity contribution in [3.05, 3.63) is 48.6 Å². The number of nitrogens with zero attached hydrogens (tertiary/aromatic N) is 2. The van der Waals surface area contributed by atoms with Crippen LogP contribution in [0.15, 0.2) is 43.0 Å². The van der Waals surface area contributed by atoms with E-state index in [1.54, 1.807) is 6.92 Å². The molecule has 5 nitrogen and oxygen atoms in total. The maximum Gasteiger partial charge on any atom is 0.337 e. The topological polar surface area (TPSA) is 49.6 Å². The molecular weight excluding hydrogens is 352 g/mol. The van der Waals surface area contributed by atoms with Gasteiger partial charge in [-0.25, -0.2) is 4.79 Å². The highest BCUT2D eigenvalue weighted by molar-refractivity contribution is 6.11. The molecule has 0 aromatic heterocycles. The van der Waals surface area contributed by atoms with Crippen LogP contribution in [0, 0.1) is 0 Å². The molecule has 5 heteroatoms. The third-order valence-electron chi connectivity index (χ3n) is 5.19. The van der Waals surface area contributed by atoms with E-state index in [1.165, 1.54) is 0 Å². The molecule has 1 aliphatic rings. The molecule has 1 saturated heterocycles. The highest BCUT2D eigenvalue weighted by Gasteiger charge is 2.66. The zero-order chi connectivity index (χ0) is 20.4. The van der Waals surface area contributed by atoms with E-state index < -0.39 is 11.5 Å². The van der Waals surface area contributed by atoms with Crippen LogP contribution in [0.4, 0.5) is 0 Å². The number of hydrogen-bond acceptors (Lipinski definition) is 4. The molecule has 0 saturated carbocycles. The summed E-state index contributed by atoms with van der Waals surface area (Å²) >= 11 is 0. The molecule has 1 fully saturated rings. The van der Waals surface area contributed by atoms with E-state index in [0.29, 0.717) is 19.6 Å². The van der Waals surface area contributed by atoms with Gasteiger partial charge in [0.1, 0.15) is 0 Å². The number of carbonyl (C=O) groups excluding carboxylic acids is 2. The molecule has 2 atom stereocenters. The summed E-state index contributed by atoms with van der Waals surface area (Å²) in [6, 6.07) is 9.95. The first kappa shape index (κ1) is 22.2. The van der Waals surface area contributed by atoms with Gasteiger partial charge >= 0.3 is 5.97 Å². The van der Waals surface area contributed by atoms with Crippen LogP contribution in [0.25, 0.3) is 0 Å². The minimum Gasteiger partial charge on any atom is -0.464 e. The fourth-order valence-corrected chi connectivity index (χ4v) is 3.50. The summed E-state index contributed by atoms with van der Waals surface area (Å²) in [5.74, 6) is -0.523. The van der Waals surface area contributed by atoms with E-state index in [-0.39, 0.29) is 12.5 Å². The second kappa shape index (κ2) is 11.0. The largest absolute Gasteiger partial charge is 0.464 e. The van der Waals surface area contributed by atoms with Gasteiger partial charge in [-0.2, -0.15) is 0 Å². The third-order valence-corrected chi connectivity index (χ3v) is 5.19. The van der Waals surface area contributed by atoms with Crippen molar-refractivity contribution < 1.29 is 14.3 Å². The first-order chi connectivity index (χ1) is 13.6. The van der Waals surface area contributed by atoms with Crippen molar-refractivity contribution in [1.82, 2.24) is 9.80 Å². The van der Waals surface area contributed by atoms with Gasteiger partial charge in [0.05, 0.1) is 6.61 Å². The van der Waals surface area contributed by atoms with Crippen LogP contribution in [0.3, 0.4) is 0 Å². The SMILES string of the molecule is C=CCCCCN(Cc1ccccc1)C(=O)C1(C(=O)OCC)CN1CCCC. The Balaban J connectivity index is 2.18. The molecule has 0 bridgehead atoms. The molecule has 0 spiro atoms. The van der Waals surface area contributed by atoms with Gasteiger partial charge in [0.25, 0.3) is 5.91 Å². The van der Waals surface area contributed by atoms with Gasteiger partial charge in [0.15, 0.2) is 0 Å². The number of benzene rings is 1. The molecule has 1 aromatic rings. The number of ether oxygens (including phenoxy) is 1. The average molecular weight is 387 g/mol. The lowest BCUT2D eigenvalue weighted by atomic mass is 10.1. The zero-order valence-corrected chi connectivity index (χ0v) is 17.4. The van der Waals surface area contributed by atoms with E-state index >= 15 is 0 Å². The molecule has 28 heavy (non-hydrogen) atoms. The van der Waals surface area contributed by atoms with Gasteiger partial charge in [0.2, 0.25) is 5.54 Å². The molecule has 1 amide bonds. The Morgan fingerprint density at radius 2 is 1.96 bits per heavy atom. The van der Waals surface area contributed by atoms with E-state index in [9.17, 15) is 9.59 Å². The summed E-state index contributed by atoms with van der Waals surface area (Å²) in [6.45, 7) is 10.3. The number of hydrogen-bond donors (Lipinski definition) is 0. The van der Waals surface area contributed by atoms with Gasteiger partial charge in [-0.3, -0.25) is 9.69 Å². The Hall–Kier alpha value is -2.14. The summed E-state index contributed by atoms with van der Waals surface area (Å²) in [4.78, 5) is 30.1. The molecular formula is C23H34N2O3. The Morgan fingerprint density at radius 1 is 1.21 bits per heavy atom. The van der Waals surface area contributed by atoms with E-state index in [4.69, 9.17) is 4.74 Å². The molecule has 0 N–H and O–H groups in total. The summed E-state index contributed by atoms with van der Waals surface area (Å²) in [7, 11) is 0. The fraction of sp³-hybridized carbons (Fsp3) is 0.565. The lowest BCUT2D eigenvalue weighted by Gasteiger charge is -2.27. The summed E-state index contributed by atoms with van der Waals surface area (Å²) in [5.41, 5.74) is -0.0578. The Labute approximate surface area is 169 Å². The number of unbranched alkanes of at least 4 members (excludes halogenated alkanes) is 3. The van der Waals surface area contributed by atoms with Crippen molar-refractivity contribution in [3.8, 4) is 0 Å². The van der Waals surface area contributed by atoms with Crippen molar-refractivity contribution >= 4 is 11.9 Å². The van der Waals surface area contributed by atoms with Crippen molar-refractivity contribution in [3.63, 3.8) is 0 Å². The average Bonchev–Trinajstić information content (AvgIpc) is 3.45. The van der Waals surface area contributed by atoms with Crippen molar-refractivity contribution in [2.24, 2.45) is 0 Å². The summed E-state index contributed by atoms with van der Waals surface area (Å²) in [6.07, 6.45) is 6.69. The number of allylic oxidation sites excluding steroid dienone is 1.